The molecule has 3 aliphatic rings. The molecule has 310 valence electrons. The van der Waals surface area contributed by atoms with Gasteiger partial charge in [-0.3, -0.25) is 43.4 Å². The van der Waals surface area contributed by atoms with Crippen LogP contribution in [0.15, 0.2) is 72.0 Å². The molecule has 2 amide bonds. The van der Waals surface area contributed by atoms with Crippen LogP contribution in [0.3, 0.4) is 0 Å². The number of rotatable bonds is 11. The predicted octanol–water partition coefficient (Wildman–Crippen LogP) is 3.66. The number of benzene rings is 2. The number of likely N-dealkylation sites (tertiary alicyclic amines) is 1. The summed E-state index contributed by atoms with van der Waals surface area (Å²) in [5.74, 6) is 0.136. The van der Waals surface area contributed by atoms with Gasteiger partial charge in [-0.05, 0) is 92.5 Å². The van der Waals surface area contributed by atoms with E-state index in [0.29, 0.717) is 48.8 Å². The number of aryl methyl sites for hydroxylation is 1. The van der Waals surface area contributed by atoms with Gasteiger partial charge in [-0.15, -0.1) is 10.2 Å². The number of hydrogen-bond donors (Lipinski definition) is 1. The first-order valence-electron chi connectivity index (χ1n) is 19.9. The van der Waals surface area contributed by atoms with Crippen molar-refractivity contribution < 1.29 is 27.6 Å². The highest BCUT2D eigenvalue weighted by Crippen LogP contribution is 2.34. The van der Waals surface area contributed by atoms with Crippen molar-refractivity contribution in [1.82, 2.24) is 43.7 Å². The molecule has 3 saturated heterocycles. The Labute approximate surface area is 338 Å². The Hall–Kier alpha value is -5.65. The molecule has 3 aliphatic heterocycles. The van der Waals surface area contributed by atoms with Crippen molar-refractivity contribution in [3.63, 3.8) is 0 Å². The fourth-order valence-corrected chi connectivity index (χ4v) is 8.78. The predicted molar refractivity (Wildman–Crippen MR) is 213 cm³/mol. The summed E-state index contributed by atoms with van der Waals surface area (Å²) in [6.07, 6.45) is 3.49. The molecule has 0 bridgehead atoms. The number of imide groups is 1. The summed E-state index contributed by atoms with van der Waals surface area (Å²) in [5, 5.41) is 10.4. The highest BCUT2D eigenvalue weighted by molar-refractivity contribution is 6.00. The van der Waals surface area contributed by atoms with E-state index < -0.39 is 23.5 Å². The molecule has 0 saturated carbocycles. The summed E-state index contributed by atoms with van der Waals surface area (Å²) >= 11 is 0. The number of aldehydes is 1. The number of nitrogens with one attached hydrogen (secondary N) is 1. The summed E-state index contributed by atoms with van der Waals surface area (Å²) < 4.78 is 47.7. The largest absolute Gasteiger partial charge is 0.418 e. The van der Waals surface area contributed by atoms with Crippen LogP contribution >= 0.6 is 0 Å². The van der Waals surface area contributed by atoms with Crippen LogP contribution in [-0.4, -0.2) is 115 Å². The van der Waals surface area contributed by atoms with Crippen molar-refractivity contribution in [3.8, 4) is 5.69 Å². The van der Waals surface area contributed by atoms with Crippen LogP contribution in [0.1, 0.15) is 64.1 Å². The number of aromatic nitrogens is 5. The van der Waals surface area contributed by atoms with Gasteiger partial charge in [0.05, 0.1) is 22.8 Å². The van der Waals surface area contributed by atoms with Gasteiger partial charge in [-0.2, -0.15) is 13.2 Å². The number of carbonyl (C=O) groups excluding carboxylic acids is 3. The van der Waals surface area contributed by atoms with Gasteiger partial charge in [-0.1, -0.05) is 12.1 Å². The minimum Gasteiger partial charge on any atom is -0.369 e. The van der Waals surface area contributed by atoms with Crippen LogP contribution < -0.4 is 15.9 Å². The lowest BCUT2D eigenvalue weighted by molar-refractivity contribution is -0.138. The van der Waals surface area contributed by atoms with E-state index in [0.717, 1.165) is 85.4 Å². The van der Waals surface area contributed by atoms with E-state index >= 15 is 0 Å². The molecule has 5 aromatic rings. The number of imidazole rings is 1. The van der Waals surface area contributed by atoms with E-state index in [4.69, 9.17) is 0 Å². The molecule has 14 nitrogen and oxygen atoms in total. The number of carbonyl (C=O) groups is 3. The SMILES string of the molecule is CN(Cc1cc(N2CCN(C3CCN(Cc4cc(C(F)(F)F)c5cn(-c6cccc(Cc7nncn7C)c6)c(=O)n5c4)CC3)CC2)ccc1C=O)C1CCC(=O)NC1=O. The third kappa shape index (κ3) is 8.58. The third-order valence-electron chi connectivity index (χ3n) is 12.1. The molecular formula is C42H47F3N10O4. The van der Waals surface area contributed by atoms with Crippen LogP contribution in [0.25, 0.3) is 11.2 Å². The Balaban J connectivity index is 0.894. The zero-order valence-corrected chi connectivity index (χ0v) is 33.1. The molecule has 8 rings (SSSR count). The van der Waals surface area contributed by atoms with Crippen molar-refractivity contribution in [2.45, 2.75) is 63.5 Å². The topological polar surface area (TPSA) is 133 Å². The standard InChI is InChI=1S/C42H47F3N10O4/c1-49(36-8-9-39(57)47-40(36)58)24-31-21-33(7-6-30(31)26-56)53-16-14-52(15-17-53)32-10-12-51(13-11-32)22-29-19-35(42(43,44)45)37-25-54(41(59)55(37)23-29)34-5-3-4-28(18-34)20-38-48-46-27-50(38)2/h3-7,18-19,21,23,25-27,32,36H,8-17,20,22,24H2,1-2H3,(H,47,57,58). The molecule has 3 aromatic heterocycles. The second kappa shape index (κ2) is 16.5. The number of alkyl halides is 3. The average molecular weight is 813 g/mol. The number of halogens is 3. The normalized spacial score (nSPS) is 18.9. The smallest absolute Gasteiger partial charge is 0.369 e. The van der Waals surface area contributed by atoms with Gasteiger partial charge >= 0.3 is 11.9 Å². The minimum absolute atomic E-state index is 0.196. The van der Waals surface area contributed by atoms with Crippen LogP contribution in [0.5, 0.6) is 0 Å². The Kier molecular flexibility index (Phi) is 11.3. The van der Waals surface area contributed by atoms with E-state index in [-0.39, 0.29) is 23.8 Å². The molecule has 6 heterocycles. The lowest BCUT2D eigenvalue weighted by Gasteiger charge is -2.43. The van der Waals surface area contributed by atoms with Crippen LogP contribution in [-0.2, 0) is 42.3 Å². The molecule has 1 atom stereocenters. The highest BCUT2D eigenvalue weighted by Gasteiger charge is 2.35. The summed E-state index contributed by atoms with van der Waals surface area (Å²) in [6, 6.07) is 14.0. The number of hydrogen-bond acceptors (Lipinski definition) is 10. The maximum absolute atomic E-state index is 14.5. The van der Waals surface area contributed by atoms with Crippen molar-refractivity contribution >= 4 is 29.3 Å². The van der Waals surface area contributed by atoms with Gasteiger partial charge in [0, 0.05) is 88.8 Å². The van der Waals surface area contributed by atoms with Crippen molar-refractivity contribution in [2.75, 3.05) is 51.2 Å². The number of piperidine rings is 2. The summed E-state index contributed by atoms with van der Waals surface area (Å²) in [6.45, 7) is 5.41. The maximum Gasteiger partial charge on any atom is 0.418 e. The fourth-order valence-electron chi connectivity index (χ4n) is 8.78. The summed E-state index contributed by atoms with van der Waals surface area (Å²) in [7, 11) is 3.66. The Morgan fingerprint density at radius 1 is 0.915 bits per heavy atom. The van der Waals surface area contributed by atoms with E-state index in [2.05, 4.69) is 30.2 Å². The first-order chi connectivity index (χ1) is 28.3. The lowest BCUT2D eigenvalue weighted by atomic mass is 10.0. The molecule has 1 N–H and O–H groups in total. The second-order valence-electron chi connectivity index (χ2n) is 15.9. The van der Waals surface area contributed by atoms with Crippen molar-refractivity contribution in [2.24, 2.45) is 7.05 Å². The Morgan fingerprint density at radius 3 is 2.39 bits per heavy atom. The van der Waals surface area contributed by atoms with Gasteiger partial charge in [0.1, 0.15) is 18.4 Å². The molecule has 0 spiro atoms. The van der Waals surface area contributed by atoms with Gasteiger partial charge in [-0.25, -0.2) is 4.79 Å². The summed E-state index contributed by atoms with van der Waals surface area (Å²) in [4.78, 5) is 58.5. The van der Waals surface area contributed by atoms with Crippen molar-refractivity contribution in [1.29, 1.82) is 0 Å². The third-order valence-corrected chi connectivity index (χ3v) is 12.1. The highest BCUT2D eigenvalue weighted by atomic mass is 19.4. The molecule has 2 aromatic carbocycles. The quantitative estimate of drug-likeness (QED) is 0.156. The maximum atomic E-state index is 14.5. The number of pyridine rings is 1. The molecule has 0 aliphatic carbocycles. The molecule has 3 fully saturated rings. The van der Waals surface area contributed by atoms with E-state index in [1.807, 2.05) is 43.3 Å². The number of amides is 2. The van der Waals surface area contributed by atoms with Crippen LogP contribution in [0.2, 0.25) is 0 Å². The first-order valence-corrected chi connectivity index (χ1v) is 19.9. The second-order valence-corrected chi connectivity index (χ2v) is 15.9. The van der Waals surface area contributed by atoms with Gasteiger partial charge in [0.2, 0.25) is 11.8 Å². The molecule has 59 heavy (non-hydrogen) atoms. The van der Waals surface area contributed by atoms with Crippen LogP contribution in [0.4, 0.5) is 18.9 Å². The summed E-state index contributed by atoms with van der Waals surface area (Å²) in [5.41, 5.74) is 2.52. The van der Waals surface area contributed by atoms with E-state index in [9.17, 15) is 32.3 Å². The van der Waals surface area contributed by atoms with Gasteiger partial charge in [0.25, 0.3) is 0 Å². The molecule has 1 unspecified atom stereocenters. The molecule has 0 radical (unpaired) electrons. The lowest BCUT2D eigenvalue weighted by Crippen LogP contribution is -2.53. The molecule has 17 heteroatoms. The number of likely N-dealkylation sites (N-methyl/N-ethyl adjacent to an activating group) is 1. The minimum atomic E-state index is -4.66. The number of fused-ring (bicyclic) bond motifs is 1. The average Bonchev–Trinajstić information content (AvgIpc) is 3.78. The van der Waals surface area contributed by atoms with Crippen LogP contribution in [0, 0.1) is 0 Å². The van der Waals surface area contributed by atoms with E-state index in [1.165, 1.54) is 23.0 Å². The first kappa shape index (κ1) is 40.1. The zero-order chi connectivity index (χ0) is 41.4. The number of anilines is 1. The number of nitrogens with zero attached hydrogens (tertiary/aromatic N) is 9. The Morgan fingerprint density at radius 2 is 1.69 bits per heavy atom. The van der Waals surface area contributed by atoms with E-state index in [1.54, 1.807) is 29.1 Å². The number of piperazine rings is 1. The Bertz CT molecular complexity index is 2420. The van der Waals surface area contributed by atoms with Crippen molar-refractivity contribution in [3.05, 3.63) is 111 Å². The van der Waals surface area contributed by atoms with Gasteiger partial charge in [0.15, 0.2) is 0 Å². The zero-order valence-electron chi connectivity index (χ0n) is 33.1. The fraction of sp³-hybridized carbons (Fsp3) is 0.429. The molecular weight excluding hydrogens is 766 g/mol. The van der Waals surface area contributed by atoms with Gasteiger partial charge < -0.3 is 9.47 Å². The monoisotopic (exact) mass is 812 g/mol.